The Morgan fingerprint density at radius 3 is 2.67 bits per heavy atom. The minimum atomic E-state index is -0.569. The van der Waals surface area contributed by atoms with E-state index in [0.717, 1.165) is 17.2 Å². The van der Waals surface area contributed by atoms with E-state index in [-0.39, 0.29) is 11.8 Å². The SMILES string of the molecule is CC(C)C(C)[C@H](N)C(=O)Nc1cccc2cc(C=O)[nH]c12. The highest BCUT2D eigenvalue weighted by Gasteiger charge is 2.23. The smallest absolute Gasteiger partial charge is 0.241 e. The van der Waals surface area contributed by atoms with Crippen LogP contribution in [0.4, 0.5) is 5.69 Å². The molecule has 1 heterocycles. The Kier molecular flexibility index (Phi) is 4.43. The van der Waals surface area contributed by atoms with E-state index in [1.807, 2.05) is 32.9 Å². The Bertz CT molecular complexity index is 661. The summed E-state index contributed by atoms with van der Waals surface area (Å²) in [7, 11) is 0. The number of aromatic nitrogens is 1. The van der Waals surface area contributed by atoms with E-state index in [4.69, 9.17) is 5.73 Å². The van der Waals surface area contributed by atoms with Crippen molar-refractivity contribution in [3.63, 3.8) is 0 Å². The Hall–Kier alpha value is -2.14. The lowest BCUT2D eigenvalue weighted by atomic mass is 9.90. The molecule has 5 nitrogen and oxygen atoms in total. The van der Waals surface area contributed by atoms with Crippen LogP contribution < -0.4 is 11.1 Å². The number of benzene rings is 1. The van der Waals surface area contributed by atoms with Crippen LogP contribution in [-0.2, 0) is 4.79 Å². The second-order valence-corrected chi connectivity index (χ2v) is 5.73. The number of H-pyrrole nitrogens is 1. The Morgan fingerprint density at radius 2 is 2.05 bits per heavy atom. The molecule has 2 aromatic rings. The summed E-state index contributed by atoms with van der Waals surface area (Å²) in [5.41, 5.74) is 7.85. The third kappa shape index (κ3) is 3.13. The number of hydrogen-bond acceptors (Lipinski definition) is 3. The van der Waals surface area contributed by atoms with Crippen LogP contribution in [0.5, 0.6) is 0 Å². The molecule has 21 heavy (non-hydrogen) atoms. The van der Waals surface area contributed by atoms with Crippen LogP contribution in [0.3, 0.4) is 0 Å². The number of fused-ring (bicyclic) bond motifs is 1. The minimum absolute atomic E-state index is 0.0818. The number of carbonyl (C=O) groups excluding carboxylic acids is 2. The topological polar surface area (TPSA) is 88.0 Å². The van der Waals surface area contributed by atoms with Crippen molar-refractivity contribution in [2.75, 3.05) is 5.32 Å². The van der Waals surface area contributed by atoms with Crippen molar-refractivity contribution in [3.8, 4) is 0 Å². The normalized spacial score (nSPS) is 14.1. The van der Waals surface area contributed by atoms with Gasteiger partial charge in [-0.2, -0.15) is 0 Å². The van der Waals surface area contributed by atoms with Gasteiger partial charge in [0.05, 0.1) is 22.9 Å². The van der Waals surface area contributed by atoms with Crippen molar-refractivity contribution in [2.24, 2.45) is 17.6 Å². The lowest BCUT2D eigenvalue weighted by molar-refractivity contribution is -0.118. The summed E-state index contributed by atoms with van der Waals surface area (Å²) in [4.78, 5) is 26.1. The molecule has 112 valence electrons. The highest BCUT2D eigenvalue weighted by molar-refractivity contribution is 6.03. The second-order valence-electron chi connectivity index (χ2n) is 5.73. The van der Waals surface area contributed by atoms with Gasteiger partial charge in [0.25, 0.3) is 0 Å². The summed E-state index contributed by atoms with van der Waals surface area (Å²) in [6.07, 6.45) is 0.748. The van der Waals surface area contributed by atoms with Crippen molar-refractivity contribution < 1.29 is 9.59 Å². The predicted octanol–water partition coefficient (Wildman–Crippen LogP) is 2.54. The number of nitrogens with one attached hydrogen (secondary N) is 2. The number of amides is 1. The van der Waals surface area contributed by atoms with E-state index in [1.165, 1.54) is 0 Å². The number of aldehydes is 1. The molecule has 0 aliphatic rings. The summed E-state index contributed by atoms with van der Waals surface area (Å²) in [6, 6.07) is 6.68. The van der Waals surface area contributed by atoms with Gasteiger partial charge in [0.1, 0.15) is 0 Å². The zero-order valence-electron chi connectivity index (χ0n) is 12.5. The van der Waals surface area contributed by atoms with Crippen LogP contribution in [0, 0.1) is 11.8 Å². The Morgan fingerprint density at radius 1 is 1.33 bits per heavy atom. The molecule has 0 bridgehead atoms. The van der Waals surface area contributed by atoms with E-state index >= 15 is 0 Å². The van der Waals surface area contributed by atoms with Gasteiger partial charge in [0.15, 0.2) is 6.29 Å². The van der Waals surface area contributed by atoms with Gasteiger partial charge in [-0.25, -0.2) is 0 Å². The van der Waals surface area contributed by atoms with Crippen molar-refractivity contribution in [1.29, 1.82) is 0 Å². The van der Waals surface area contributed by atoms with Gasteiger partial charge < -0.3 is 16.0 Å². The zero-order valence-corrected chi connectivity index (χ0v) is 12.5. The summed E-state index contributed by atoms with van der Waals surface area (Å²) >= 11 is 0. The molecule has 1 aromatic carbocycles. The molecule has 0 radical (unpaired) electrons. The predicted molar refractivity (Wildman–Crippen MR) is 84.3 cm³/mol. The van der Waals surface area contributed by atoms with Crippen molar-refractivity contribution in [3.05, 3.63) is 30.0 Å². The number of para-hydroxylation sites is 1. The van der Waals surface area contributed by atoms with Gasteiger partial charge in [-0.15, -0.1) is 0 Å². The highest BCUT2D eigenvalue weighted by atomic mass is 16.2. The molecule has 4 N–H and O–H groups in total. The largest absolute Gasteiger partial charge is 0.351 e. The van der Waals surface area contributed by atoms with Crippen molar-refractivity contribution in [2.45, 2.75) is 26.8 Å². The summed E-state index contributed by atoms with van der Waals surface area (Å²) in [5.74, 6) is 0.193. The van der Waals surface area contributed by atoms with Crippen molar-refractivity contribution >= 4 is 28.8 Å². The number of rotatable bonds is 5. The maximum Gasteiger partial charge on any atom is 0.241 e. The molecular weight excluding hydrogens is 266 g/mol. The maximum atomic E-state index is 12.3. The molecule has 1 amide bonds. The lowest BCUT2D eigenvalue weighted by Crippen LogP contribution is -2.42. The van der Waals surface area contributed by atoms with Crippen LogP contribution in [0.25, 0.3) is 10.9 Å². The molecule has 2 rings (SSSR count). The van der Waals surface area contributed by atoms with Gasteiger partial charge in [-0.3, -0.25) is 9.59 Å². The van der Waals surface area contributed by atoms with E-state index in [2.05, 4.69) is 10.3 Å². The second kappa shape index (κ2) is 6.10. The summed E-state index contributed by atoms with van der Waals surface area (Å²) in [5, 5.41) is 3.72. The van der Waals surface area contributed by atoms with Crippen LogP contribution in [0.2, 0.25) is 0 Å². The van der Waals surface area contributed by atoms with E-state index in [9.17, 15) is 9.59 Å². The molecule has 0 fully saturated rings. The Balaban J connectivity index is 2.25. The van der Waals surface area contributed by atoms with Gasteiger partial charge in [0.2, 0.25) is 5.91 Å². The minimum Gasteiger partial charge on any atom is -0.351 e. The molecule has 0 saturated carbocycles. The molecule has 5 heteroatoms. The third-order valence-electron chi connectivity index (χ3n) is 3.98. The molecule has 2 atom stereocenters. The molecule has 0 aliphatic carbocycles. The standard InChI is InChI=1S/C16H21N3O2/c1-9(2)10(3)14(17)16(21)19-13-6-4-5-11-7-12(8-20)18-15(11)13/h4-10,14,18H,17H2,1-3H3,(H,19,21)/t10?,14-/m0/s1. The van der Waals surface area contributed by atoms with Crippen molar-refractivity contribution in [1.82, 2.24) is 4.98 Å². The first kappa shape index (κ1) is 15.3. The molecule has 1 aromatic heterocycles. The van der Waals surface area contributed by atoms with Gasteiger partial charge in [-0.05, 0) is 24.0 Å². The number of aromatic amines is 1. The van der Waals surface area contributed by atoms with Crippen LogP contribution >= 0.6 is 0 Å². The van der Waals surface area contributed by atoms with Crippen LogP contribution in [0.15, 0.2) is 24.3 Å². The average Bonchev–Trinajstić information content (AvgIpc) is 2.89. The van der Waals surface area contributed by atoms with E-state index < -0.39 is 6.04 Å². The molecule has 0 spiro atoms. The number of carbonyl (C=O) groups is 2. The quantitative estimate of drug-likeness (QED) is 0.738. The first-order chi connectivity index (χ1) is 9.93. The first-order valence-electron chi connectivity index (χ1n) is 7.07. The maximum absolute atomic E-state index is 12.3. The summed E-state index contributed by atoms with van der Waals surface area (Å²) < 4.78 is 0. The first-order valence-corrected chi connectivity index (χ1v) is 7.07. The van der Waals surface area contributed by atoms with Crippen LogP contribution in [-0.4, -0.2) is 23.2 Å². The fraction of sp³-hybridized carbons (Fsp3) is 0.375. The summed E-state index contributed by atoms with van der Waals surface area (Å²) in [6.45, 7) is 6.05. The third-order valence-corrected chi connectivity index (χ3v) is 3.98. The average molecular weight is 287 g/mol. The van der Waals surface area contributed by atoms with Gasteiger partial charge in [-0.1, -0.05) is 32.9 Å². The fourth-order valence-corrected chi connectivity index (χ4v) is 2.22. The lowest BCUT2D eigenvalue weighted by Gasteiger charge is -2.22. The molecular formula is C16H21N3O2. The zero-order chi connectivity index (χ0) is 15.6. The monoisotopic (exact) mass is 287 g/mol. The van der Waals surface area contributed by atoms with E-state index in [0.29, 0.717) is 17.3 Å². The molecule has 1 unspecified atom stereocenters. The van der Waals surface area contributed by atoms with Crippen LogP contribution in [0.1, 0.15) is 31.3 Å². The van der Waals surface area contributed by atoms with Gasteiger partial charge in [0, 0.05) is 5.39 Å². The van der Waals surface area contributed by atoms with Gasteiger partial charge >= 0.3 is 0 Å². The number of anilines is 1. The number of hydrogen-bond donors (Lipinski definition) is 3. The Labute approximate surface area is 123 Å². The fourth-order valence-electron chi connectivity index (χ4n) is 2.22. The highest BCUT2D eigenvalue weighted by Crippen LogP contribution is 2.24. The molecule has 0 saturated heterocycles. The number of nitrogens with two attached hydrogens (primary N) is 1. The van der Waals surface area contributed by atoms with E-state index in [1.54, 1.807) is 12.1 Å². The molecule has 0 aliphatic heterocycles.